The van der Waals surface area contributed by atoms with Gasteiger partial charge in [0.25, 0.3) is 5.56 Å². The van der Waals surface area contributed by atoms with Crippen molar-refractivity contribution in [1.82, 2.24) is 24.1 Å². The van der Waals surface area contributed by atoms with Crippen LogP contribution >= 0.6 is 11.8 Å². The lowest BCUT2D eigenvalue weighted by Crippen LogP contribution is -2.31. The number of rotatable bonds is 6. The predicted octanol–water partition coefficient (Wildman–Crippen LogP) is 4.96. The van der Waals surface area contributed by atoms with Crippen LogP contribution in [-0.2, 0) is 4.79 Å². The molecule has 0 aliphatic carbocycles. The molecule has 2 aromatic heterocycles. The molecule has 0 radical (unpaired) electrons. The Morgan fingerprint density at radius 2 is 1.69 bits per heavy atom. The molecular weight excluding hydrogens is 470 g/mol. The van der Waals surface area contributed by atoms with Gasteiger partial charge in [0.2, 0.25) is 11.7 Å². The van der Waals surface area contributed by atoms with Gasteiger partial charge in [0, 0.05) is 7.05 Å². The molecule has 0 N–H and O–H groups in total. The molecule has 0 fully saturated rings. The van der Waals surface area contributed by atoms with Gasteiger partial charge in [0.05, 0.1) is 28.4 Å². The Morgan fingerprint density at radius 1 is 0.972 bits per heavy atom. The second-order valence-electron chi connectivity index (χ2n) is 8.87. The van der Waals surface area contributed by atoms with E-state index in [0.29, 0.717) is 21.8 Å². The van der Waals surface area contributed by atoms with Crippen LogP contribution in [0.3, 0.4) is 0 Å². The number of aryl methyl sites for hydroxylation is 1. The van der Waals surface area contributed by atoms with Crippen molar-refractivity contribution in [3.8, 4) is 5.69 Å². The third-order valence-electron chi connectivity index (χ3n) is 6.79. The first kappa shape index (κ1) is 23.8. The fraction of sp³-hybridized carbons (Fsp3) is 0.214. The smallest absolute Gasteiger partial charge is 0.267 e. The number of carbonyl (C=O) groups excluding carboxylic acids is 1. The number of nitrogens with zero attached hydrogens (tertiary/aromatic N) is 5. The number of fused-ring (bicyclic) bond motifs is 3. The van der Waals surface area contributed by atoms with Crippen molar-refractivity contribution < 1.29 is 4.79 Å². The molecule has 3 aromatic carbocycles. The van der Waals surface area contributed by atoms with Crippen LogP contribution in [0.15, 0.2) is 82.7 Å². The zero-order valence-corrected chi connectivity index (χ0v) is 21.5. The van der Waals surface area contributed by atoms with Gasteiger partial charge in [0.15, 0.2) is 5.16 Å². The molecular formula is C28H27N5O2S. The molecule has 5 aromatic rings. The van der Waals surface area contributed by atoms with E-state index in [9.17, 15) is 9.59 Å². The largest absolute Gasteiger partial charge is 0.338 e. The van der Waals surface area contributed by atoms with Gasteiger partial charge in [-0.25, -0.2) is 4.57 Å². The van der Waals surface area contributed by atoms with Crippen molar-refractivity contribution in [2.75, 3.05) is 12.8 Å². The van der Waals surface area contributed by atoms with Crippen molar-refractivity contribution in [3.05, 3.63) is 99.8 Å². The number of hydrogen-bond donors (Lipinski definition) is 0. The summed E-state index contributed by atoms with van der Waals surface area (Å²) in [5.41, 5.74) is 4.50. The molecule has 1 unspecified atom stereocenters. The summed E-state index contributed by atoms with van der Waals surface area (Å²) in [5, 5.41) is 9.94. The van der Waals surface area contributed by atoms with Crippen LogP contribution in [0.4, 0.5) is 0 Å². The summed E-state index contributed by atoms with van der Waals surface area (Å²) in [6.45, 7) is 6.03. The number of para-hydroxylation sites is 1. The highest BCUT2D eigenvalue weighted by molar-refractivity contribution is 7.99. The number of aromatic nitrogens is 4. The Bertz CT molecular complexity index is 1640. The summed E-state index contributed by atoms with van der Waals surface area (Å²) >= 11 is 1.32. The van der Waals surface area contributed by atoms with Gasteiger partial charge < -0.3 is 4.90 Å². The Labute approximate surface area is 213 Å². The molecule has 7 nitrogen and oxygen atoms in total. The van der Waals surface area contributed by atoms with Crippen LogP contribution in [-0.4, -0.2) is 42.8 Å². The summed E-state index contributed by atoms with van der Waals surface area (Å²) in [6, 6.07) is 23.2. The number of carbonyl (C=O) groups is 1. The summed E-state index contributed by atoms with van der Waals surface area (Å²) in [7, 11) is 1.82. The minimum atomic E-state index is -0.150. The minimum Gasteiger partial charge on any atom is -0.338 e. The fourth-order valence-corrected chi connectivity index (χ4v) is 5.23. The Kier molecular flexibility index (Phi) is 6.36. The molecule has 5 rings (SSSR count). The highest BCUT2D eigenvalue weighted by Gasteiger charge is 2.22. The van der Waals surface area contributed by atoms with E-state index in [2.05, 4.69) is 10.2 Å². The lowest BCUT2D eigenvalue weighted by molar-refractivity contribution is -0.128. The first-order chi connectivity index (χ1) is 17.4. The number of benzene rings is 3. The van der Waals surface area contributed by atoms with Gasteiger partial charge >= 0.3 is 0 Å². The van der Waals surface area contributed by atoms with E-state index in [1.165, 1.54) is 11.8 Å². The molecule has 36 heavy (non-hydrogen) atoms. The first-order valence-corrected chi connectivity index (χ1v) is 12.8. The Balaban J connectivity index is 1.55. The molecule has 182 valence electrons. The van der Waals surface area contributed by atoms with Crippen molar-refractivity contribution in [2.24, 2.45) is 0 Å². The summed E-state index contributed by atoms with van der Waals surface area (Å²) < 4.78 is 3.49. The molecule has 0 aliphatic rings. The SMILES string of the molecule is Cc1cccc(-n2c(=O)c3ccccc3n3c(SCC(=O)N(C)C(C)c4ccccc4)nnc23)c1C. The van der Waals surface area contributed by atoms with E-state index in [4.69, 9.17) is 0 Å². The van der Waals surface area contributed by atoms with E-state index < -0.39 is 0 Å². The number of amides is 1. The third kappa shape index (κ3) is 4.07. The molecule has 0 saturated heterocycles. The van der Waals surface area contributed by atoms with Crippen molar-refractivity contribution in [2.45, 2.75) is 32.0 Å². The average Bonchev–Trinajstić information content (AvgIpc) is 3.33. The summed E-state index contributed by atoms with van der Waals surface area (Å²) in [6.07, 6.45) is 0. The monoisotopic (exact) mass is 497 g/mol. The van der Waals surface area contributed by atoms with Gasteiger partial charge in [-0.2, -0.15) is 0 Å². The maximum absolute atomic E-state index is 13.6. The number of hydrogen-bond acceptors (Lipinski definition) is 5. The Morgan fingerprint density at radius 3 is 2.47 bits per heavy atom. The predicted molar refractivity (Wildman–Crippen MR) is 144 cm³/mol. The number of thioether (sulfide) groups is 1. The fourth-order valence-electron chi connectivity index (χ4n) is 4.37. The summed E-state index contributed by atoms with van der Waals surface area (Å²) in [4.78, 5) is 28.4. The van der Waals surface area contributed by atoms with Crippen molar-refractivity contribution >= 4 is 34.3 Å². The van der Waals surface area contributed by atoms with Crippen LogP contribution in [0.5, 0.6) is 0 Å². The first-order valence-electron chi connectivity index (χ1n) is 11.8. The van der Waals surface area contributed by atoms with Crippen LogP contribution in [0.2, 0.25) is 0 Å². The van der Waals surface area contributed by atoms with E-state index in [1.54, 1.807) is 9.47 Å². The van der Waals surface area contributed by atoms with Crippen LogP contribution < -0.4 is 5.56 Å². The van der Waals surface area contributed by atoms with Gasteiger partial charge in [-0.1, -0.05) is 66.4 Å². The van der Waals surface area contributed by atoms with Crippen molar-refractivity contribution in [3.63, 3.8) is 0 Å². The van der Waals surface area contributed by atoms with Crippen LogP contribution in [0, 0.1) is 13.8 Å². The molecule has 0 bridgehead atoms. The highest BCUT2D eigenvalue weighted by Crippen LogP contribution is 2.26. The van der Waals surface area contributed by atoms with Crippen LogP contribution in [0.25, 0.3) is 22.4 Å². The minimum absolute atomic E-state index is 0.0136. The van der Waals surface area contributed by atoms with Crippen LogP contribution in [0.1, 0.15) is 29.7 Å². The molecule has 0 spiro atoms. The standard InChI is InChI=1S/C28H27N5O2S/c1-18-11-10-16-23(19(18)2)32-26(35)22-14-8-9-15-24(22)33-27(32)29-30-28(33)36-17-25(34)31(4)20(3)21-12-6-5-7-13-21/h5-16,20H,17H2,1-4H3. The normalized spacial score (nSPS) is 12.2. The maximum Gasteiger partial charge on any atom is 0.267 e. The van der Waals surface area contributed by atoms with Crippen molar-refractivity contribution in [1.29, 1.82) is 0 Å². The van der Waals surface area contributed by atoms with Gasteiger partial charge in [-0.15, -0.1) is 10.2 Å². The van der Waals surface area contributed by atoms with Gasteiger partial charge in [-0.3, -0.25) is 14.0 Å². The molecule has 1 amide bonds. The van der Waals surface area contributed by atoms with E-state index in [0.717, 1.165) is 22.4 Å². The molecule has 0 aliphatic heterocycles. The van der Waals surface area contributed by atoms with Gasteiger partial charge in [-0.05, 0) is 55.7 Å². The zero-order valence-electron chi connectivity index (χ0n) is 20.7. The topological polar surface area (TPSA) is 72.5 Å². The molecule has 2 heterocycles. The second kappa shape index (κ2) is 9.62. The second-order valence-corrected chi connectivity index (χ2v) is 9.82. The van der Waals surface area contributed by atoms with E-state index in [-0.39, 0.29) is 23.3 Å². The third-order valence-corrected chi connectivity index (χ3v) is 7.71. The zero-order chi connectivity index (χ0) is 25.4. The maximum atomic E-state index is 13.6. The van der Waals surface area contributed by atoms with Gasteiger partial charge in [0.1, 0.15) is 0 Å². The van der Waals surface area contributed by atoms with E-state index in [1.807, 2.05) is 105 Å². The molecule has 0 saturated carbocycles. The lowest BCUT2D eigenvalue weighted by atomic mass is 10.1. The molecule has 8 heteroatoms. The Hall–Kier alpha value is -3.91. The summed E-state index contributed by atoms with van der Waals surface area (Å²) in [5.74, 6) is 0.611. The average molecular weight is 498 g/mol. The van der Waals surface area contributed by atoms with E-state index >= 15 is 0 Å². The molecule has 1 atom stereocenters. The highest BCUT2D eigenvalue weighted by atomic mass is 32.2. The quantitative estimate of drug-likeness (QED) is 0.310. The lowest BCUT2D eigenvalue weighted by Gasteiger charge is -2.25.